The molecule has 0 radical (unpaired) electrons. The predicted octanol–water partition coefficient (Wildman–Crippen LogP) is 3.10. The first kappa shape index (κ1) is 17.8. The number of imide groups is 1. The third-order valence-corrected chi connectivity index (χ3v) is 4.93. The fourth-order valence-corrected chi connectivity index (χ4v) is 3.43. The number of hydrogen-bond donors (Lipinski definition) is 2. The predicted molar refractivity (Wildman–Crippen MR) is 96.6 cm³/mol. The van der Waals surface area contributed by atoms with Gasteiger partial charge in [-0.25, -0.2) is 13.6 Å². The molecule has 1 atom stereocenters. The SMILES string of the molecule is CC1(c2cc(F)ccc2F)NC(=O)N(CC(=O)c2c[nH]c3ccccc23)C1=O. The summed E-state index contributed by atoms with van der Waals surface area (Å²) in [6, 6.07) is 8.94. The largest absolute Gasteiger partial charge is 0.360 e. The van der Waals surface area contributed by atoms with Gasteiger partial charge in [-0.3, -0.25) is 14.5 Å². The van der Waals surface area contributed by atoms with Crippen molar-refractivity contribution in [1.82, 2.24) is 15.2 Å². The molecule has 0 spiro atoms. The molecule has 28 heavy (non-hydrogen) atoms. The van der Waals surface area contributed by atoms with E-state index in [0.29, 0.717) is 15.8 Å². The molecule has 1 fully saturated rings. The van der Waals surface area contributed by atoms with Crippen LogP contribution in [0.4, 0.5) is 13.6 Å². The number of benzene rings is 2. The first-order chi connectivity index (χ1) is 13.3. The molecule has 1 aliphatic rings. The second-order valence-corrected chi connectivity index (χ2v) is 6.74. The zero-order valence-corrected chi connectivity index (χ0v) is 14.8. The molecule has 1 aliphatic heterocycles. The Morgan fingerprint density at radius 1 is 1.14 bits per heavy atom. The molecule has 1 aromatic heterocycles. The Labute approximate surface area is 158 Å². The highest BCUT2D eigenvalue weighted by Crippen LogP contribution is 2.31. The summed E-state index contributed by atoms with van der Waals surface area (Å²) in [6.07, 6.45) is 1.51. The van der Waals surface area contributed by atoms with Crippen molar-refractivity contribution in [3.8, 4) is 0 Å². The van der Waals surface area contributed by atoms with Crippen LogP contribution in [-0.2, 0) is 10.3 Å². The van der Waals surface area contributed by atoms with E-state index in [9.17, 15) is 23.2 Å². The van der Waals surface area contributed by atoms with Gasteiger partial charge in [0.05, 0.1) is 6.54 Å². The van der Waals surface area contributed by atoms with Gasteiger partial charge in [-0.2, -0.15) is 0 Å². The first-order valence-electron chi connectivity index (χ1n) is 8.50. The number of nitrogens with one attached hydrogen (secondary N) is 2. The van der Waals surface area contributed by atoms with E-state index in [1.807, 2.05) is 6.07 Å². The van der Waals surface area contributed by atoms with E-state index in [2.05, 4.69) is 10.3 Å². The maximum atomic E-state index is 14.2. The number of ketones is 1. The highest BCUT2D eigenvalue weighted by Gasteiger charge is 2.50. The van der Waals surface area contributed by atoms with Crippen LogP contribution in [0.1, 0.15) is 22.8 Å². The zero-order valence-electron chi connectivity index (χ0n) is 14.8. The summed E-state index contributed by atoms with van der Waals surface area (Å²) in [5.74, 6) is -2.85. The van der Waals surface area contributed by atoms with Gasteiger partial charge in [0.15, 0.2) is 5.78 Å². The van der Waals surface area contributed by atoms with Crippen molar-refractivity contribution < 1.29 is 23.2 Å². The first-order valence-corrected chi connectivity index (χ1v) is 8.50. The summed E-state index contributed by atoms with van der Waals surface area (Å²) in [5, 5.41) is 3.04. The third kappa shape index (κ3) is 2.65. The van der Waals surface area contributed by atoms with Gasteiger partial charge in [-0.15, -0.1) is 0 Å². The minimum absolute atomic E-state index is 0.298. The van der Waals surface area contributed by atoms with Crippen LogP contribution in [0.15, 0.2) is 48.7 Å². The average Bonchev–Trinajstić information content (AvgIpc) is 3.19. The van der Waals surface area contributed by atoms with E-state index >= 15 is 0 Å². The minimum atomic E-state index is -1.80. The van der Waals surface area contributed by atoms with Gasteiger partial charge in [0.1, 0.15) is 17.2 Å². The topological polar surface area (TPSA) is 82.3 Å². The van der Waals surface area contributed by atoms with Gasteiger partial charge in [-0.05, 0) is 31.2 Å². The summed E-state index contributed by atoms with van der Waals surface area (Å²) in [5.41, 5.74) is -1.02. The number of fused-ring (bicyclic) bond motifs is 1. The van der Waals surface area contributed by atoms with Gasteiger partial charge in [0.2, 0.25) is 0 Å². The molecule has 3 aromatic rings. The standard InChI is InChI=1S/C20H15F2N3O3/c1-20(14-8-11(21)6-7-15(14)22)18(27)25(19(28)24-20)10-17(26)13-9-23-16-5-3-2-4-12(13)16/h2-9,23H,10H2,1H3,(H,24,28). The van der Waals surface area contributed by atoms with Crippen molar-refractivity contribution in [1.29, 1.82) is 0 Å². The lowest BCUT2D eigenvalue weighted by Crippen LogP contribution is -2.42. The number of carbonyl (C=O) groups is 3. The molecule has 2 aromatic carbocycles. The van der Waals surface area contributed by atoms with Crippen LogP contribution in [-0.4, -0.2) is 34.2 Å². The minimum Gasteiger partial charge on any atom is -0.360 e. The lowest BCUT2D eigenvalue weighted by molar-refractivity contribution is -0.130. The molecule has 4 rings (SSSR count). The van der Waals surface area contributed by atoms with E-state index < -0.39 is 41.4 Å². The highest BCUT2D eigenvalue weighted by atomic mass is 19.1. The van der Waals surface area contributed by atoms with Crippen molar-refractivity contribution in [3.63, 3.8) is 0 Å². The van der Waals surface area contributed by atoms with Gasteiger partial charge in [0.25, 0.3) is 5.91 Å². The number of carbonyl (C=O) groups excluding carboxylic acids is 3. The van der Waals surface area contributed by atoms with Gasteiger partial charge in [0, 0.05) is 28.2 Å². The number of urea groups is 1. The number of H-pyrrole nitrogens is 1. The fraction of sp³-hybridized carbons (Fsp3) is 0.150. The summed E-state index contributed by atoms with van der Waals surface area (Å²) >= 11 is 0. The third-order valence-electron chi connectivity index (χ3n) is 4.93. The molecular formula is C20H15F2N3O3. The Hall–Kier alpha value is -3.55. The van der Waals surface area contributed by atoms with E-state index in [1.165, 1.54) is 13.1 Å². The highest BCUT2D eigenvalue weighted by molar-refractivity contribution is 6.14. The number of halogens is 2. The van der Waals surface area contributed by atoms with Crippen molar-refractivity contribution in [2.45, 2.75) is 12.5 Å². The normalized spacial score (nSPS) is 19.3. The lowest BCUT2D eigenvalue weighted by atomic mass is 9.91. The van der Waals surface area contributed by atoms with Gasteiger partial charge < -0.3 is 10.3 Å². The van der Waals surface area contributed by atoms with E-state index in [4.69, 9.17) is 0 Å². The summed E-state index contributed by atoms with van der Waals surface area (Å²) < 4.78 is 27.8. The van der Waals surface area contributed by atoms with Crippen molar-refractivity contribution in [3.05, 3.63) is 71.4 Å². The summed E-state index contributed by atoms with van der Waals surface area (Å²) in [6.45, 7) is 0.764. The Kier molecular flexibility index (Phi) is 3.99. The number of nitrogens with zero attached hydrogens (tertiary/aromatic N) is 1. The Bertz CT molecular complexity index is 1140. The number of aromatic amines is 1. The summed E-state index contributed by atoms with van der Waals surface area (Å²) in [7, 11) is 0. The van der Waals surface area contributed by atoms with Crippen LogP contribution in [0.3, 0.4) is 0 Å². The van der Waals surface area contributed by atoms with Crippen molar-refractivity contribution >= 4 is 28.6 Å². The average molecular weight is 383 g/mol. The Morgan fingerprint density at radius 3 is 2.68 bits per heavy atom. The Balaban J connectivity index is 1.64. The molecule has 8 heteroatoms. The number of aromatic nitrogens is 1. The molecular weight excluding hydrogens is 368 g/mol. The van der Waals surface area contributed by atoms with Crippen molar-refractivity contribution in [2.24, 2.45) is 0 Å². The van der Waals surface area contributed by atoms with E-state index in [-0.39, 0.29) is 5.56 Å². The van der Waals surface area contributed by atoms with Gasteiger partial charge in [-0.1, -0.05) is 18.2 Å². The lowest BCUT2D eigenvalue weighted by Gasteiger charge is -2.22. The molecule has 1 unspecified atom stereocenters. The van der Waals surface area contributed by atoms with Crippen LogP contribution in [0, 0.1) is 11.6 Å². The van der Waals surface area contributed by atoms with Gasteiger partial charge >= 0.3 is 6.03 Å². The molecule has 0 saturated carbocycles. The molecule has 142 valence electrons. The zero-order chi connectivity index (χ0) is 20.1. The van der Waals surface area contributed by atoms with Crippen LogP contribution < -0.4 is 5.32 Å². The molecule has 6 nitrogen and oxygen atoms in total. The fourth-order valence-electron chi connectivity index (χ4n) is 3.43. The maximum Gasteiger partial charge on any atom is 0.325 e. The molecule has 0 aliphatic carbocycles. The number of hydrogen-bond acceptors (Lipinski definition) is 3. The van der Waals surface area contributed by atoms with Crippen LogP contribution in [0.2, 0.25) is 0 Å². The smallest absolute Gasteiger partial charge is 0.325 e. The molecule has 3 amide bonds. The van der Waals surface area contributed by atoms with Crippen LogP contribution in [0.5, 0.6) is 0 Å². The van der Waals surface area contributed by atoms with E-state index in [1.54, 1.807) is 18.2 Å². The molecule has 2 heterocycles. The second-order valence-electron chi connectivity index (χ2n) is 6.74. The van der Waals surface area contributed by atoms with Crippen molar-refractivity contribution in [2.75, 3.05) is 6.54 Å². The van der Waals surface area contributed by atoms with Crippen LogP contribution >= 0.6 is 0 Å². The molecule has 2 N–H and O–H groups in total. The quantitative estimate of drug-likeness (QED) is 0.537. The van der Waals surface area contributed by atoms with Crippen LogP contribution in [0.25, 0.3) is 10.9 Å². The number of rotatable bonds is 4. The summed E-state index contributed by atoms with van der Waals surface area (Å²) in [4.78, 5) is 41.6. The van der Waals surface area contributed by atoms with E-state index in [0.717, 1.165) is 23.7 Å². The number of amides is 3. The Morgan fingerprint density at radius 2 is 1.89 bits per heavy atom. The maximum absolute atomic E-state index is 14.2. The second kappa shape index (κ2) is 6.26. The molecule has 1 saturated heterocycles. The number of Topliss-reactive ketones (excluding diaryl/α,β-unsaturated/α-hetero) is 1. The number of para-hydroxylation sites is 1. The molecule has 0 bridgehead atoms. The monoisotopic (exact) mass is 383 g/mol.